The lowest BCUT2D eigenvalue weighted by Crippen LogP contribution is -2.43. The van der Waals surface area contributed by atoms with Crippen LogP contribution in [-0.2, 0) is 21.2 Å². The number of aromatic nitrogens is 2. The van der Waals surface area contributed by atoms with Gasteiger partial charge in [-0.1, -0.05) is 48.5 Å². The van der Waals surface area contributed by atoms with Crippen molar-refractivity contribution in [3.8, 4) is 11.3 Å². The Bertz CT molecular complexity index is 1210. The lowest BCUT2D eigenvalue weighted by Gasteiger charge is -2.23. The number of carbonyl (C=O) groups excluding carboxylic acids is 1. The number of hydrogen-bond donors (Lipinski definition) is 1. The van der Waals surface area contributed by atoms with E-state index >= 15 is 0 Å². The Hall–Kier alpha value is -3.00. The largest absolute Gasteiger partial charge is 0.352 e. The third kappa shape index (κ3) is 4.22. The normalized spacial score (nSPS) is 16.6. The number of fused-ring (bicyclic) bond motifs is 1. The van der Waals surface area contributed by atoms with E-state index in [0.29, 0.717) is 23.9 Å². The van der Waals surface area contributed by atoms with E-state index < -0.39 is 9.84 Å². The first-order valence-corrected chi connectivity index (χ1v) is 11.3. The molecule has 150 valence electrons. The van der Waals surface area contributed by atoms with E-state index in [1.165, 1.54) is 4.68 Å². The van der Waals surface area contributed by atoms with Crippen LogP contribution in [-0.4, -0.2) is 41.7 Å². The average molecular weight is 411 g/mol. The molecule has 0 saturated carbocycles. The third-order valence-electron chi connectivity index (χ3n) is 5.13. The van der Waals surface area contributed by atoms with Crippen LogP contribution in [0.4, 0.5) is 0 Å². The minimum absolute atomic E-state index is 0.0737. The van der Waals surface area contributed by atoms with Gasteiger partial charge in [0.2, 0.25) is 5.91 Å². The van der Waals surface area contributed by atoms with Crippen molar-refractivity contribution < 1.29 is 13.2 Å². The van der Waals surface area contributed by atoms with Crippen molar-refractivity contribution in [1.29, 1.82) is 0 Å². The molecule has 29 heavy (non-hydrogen) atoms. The zero-order valence-electron chi connectivity index (χ0n) is 15.7. The molecule has 3 aromatic rings. The van der Waals surface area contributed by atoms with Gasteiger partial charge in [-0.2, -0.15) is 5.10 Å². The van der Waals surface area contributed by atoms with Crippen LogP contribution in [0.15, 0.2) is 59.4 Å². The van der Waals surface area contributed by atoms with Crippen LogP contribution in [0.25, 0.3) is 22.0 Å². The summed E-state index contributed by atoms with van der Waals surface area (Å²) in [4.78, 5) is 25.4. The highest BCUT2D eigenvalue weighted by Gasteiger charge is 2.25. The summed E-state index contributed by atoms with van der Waals surface area (Å²) in [7, 11) is -3.00. The maximum atomic E-state index is 12.9. The van der Waals surface area contributed by atoms with Crippen LogP contribution in [0.1, 0.15) is 12.8 Å². The molecule has 1 amide bonds. The molecule has 1 aromatic heterocycles. The molecule has 4 rings (SSSR count). The van der Waals surface area contributed by atoms with E-state index in [-0.39, 0.29) is 35.6 Å². The number of nitrogens with one attached hydrogen (secondary N) is 1. The molecule has 0 unspecified atom stereocenters. The SMILES string of the molecule is O=C(Cn1nc(-c2ccccc2)c2ccccc2c1=O)NC1CCS(=O)(=O)CC1. The van der Waals surface area contributed by atoms with Crippen molar-refractivity contribution in [2.75, 3.05) is 11.5 Å². The minimum Gasteiger partial charge on any atom is -0.352 e. The van der Waals surface area contributed by atoms with Gasteiger partial charge in [-0.05, 0) is 18.9 Å². The number of sulfone groups is 1. The lowest BCUT2D eigenvalue weighted by atomic mass is 10.1. The molecule has 7 nitrogen and oxygen atoms in total. The summed E-state index contributed by atoms with van der Waals surface area (Å²) in [6.45, 7) is -0.216. The van der Waals surface area contributed by atoms with Gasteiger partial charge < -0.3 is 5.32 Å². The smallest absolute Gasteiger partial charge is 0.275 e. The molecule has 2 heterocycles. The first kappa shape index (κ1) is 19.3. The lowest BCUT2D eigenvalue weighted by molar-refractivity contribution is -0.122. The molecule has 1 saturated heterocycles. The van der Waals surface area contributed by atoms with Gasteiger partial charge in [0.15, 0.2) is 0 Å². The summed E-state index contributed by atoms with van der Waals surface area (Å²) in [6.07, 6.45) is 0.784. The highest BCUT2D eigenvalue weighted by atomic mass is 32.2. The van der Waals surface area contributed by atoms with E-state index in [2.05, 4.69) is 10.4 Å². The van der Waals surface area contributed by atoms with E-state index in [0.717, 1.165) is 10.9 Å². The van der Waals surface area contributed by atoms with Crippen LogP contribution < -0.4 is 10.9 Å². The molecule has 1 N–H and O–H groups in total. The Labute approximate surface area is 168 Å². The van der Waals surface area contributed by atoms with Gasteiger partial charge in [-0.3, -0.25) is 9.59 Å². The van der Waals surface area contributed by atoms with Crippen molar-refractivity contribution in [2.24, 2.45) is 0 Å². The predicted octanol–water partition coefficient (Wildman–Crippen LogP) is 1.76. The van der Waals surface area contributed by atoms with Crippen LogP contribution in [0.3, 0.4) is 0 Å². The molecule has 1 aliphatic heterocycles. The van der Waals surface area contributed by atoms with Gasteiger partial charge in [0, 0.05) is 17.0 Å². The average Bonchev–Trinajstić information content (AvgIpc) is 2.72. The van der Waals surface area contributed by atoms with Crippen molar-refractivity contribution in [3.05, 3.63) is 65.0 Å². The summed E-state index contributed by atoms with van der Waals surface area (Å²) in [6, 6.07) is 16.5. The molecule has 0 bridgehead atoms. The number of hydrogen-bond acceptors (Lipinski definition) is 5. The molecule has 1 aliphatic rings. The zero-order valence-corrected chi connectivity index (χ0v) is 16.6. The van der Waals surface area contributed by atoms with E-state index in [9.17, 15) is 18.0 Å². The molecular formula is C21H21N3O4S. The van der Waals surface area contributed by atoms with E-state index in [1.807, 2.05) is 42.5 Å². The number of rotatable bonds is 4. The second-order valence-corrected chi connectivity index (χ2v) is 9.52. The van der Waals surface area contributed by atoms with Crippen LogP contribution in [0.5, 0.6) is 0 Å². The fraction of sp³-hybridized carbons (Fsp3) is 0.286. The molecule has 0 aliphatic carbocycles. The monoisotopic (exact) mass is 411 g/mol. The van der Waals surface area contributed by atoms with Gasteiger partial charge >= 0.3 is 0 Å². The molecule has 1 fully saturated rings. The van der Waals surface area contributed by atoms with Gasteiger partial charge in [-0.25, -0.2) is 13.1 Å². The van der Waals surface area contributed by atoms with Crippen LogP contribution in [0.2, 0.25) is 0 Å². The predicted molar refractivity (Wildman–Crippen MR) is 111 cm³/mol. The second-order valence-electron chi connectivity index (χ2n) is 7.22. The Morgan fingerprint density at radius 2 is 1.62 bits per heavy atom. The summed E-state index contributed by atoms with van der Waals surface area (Å²) < 4.78 is 24.3. The quantitative estimate of drug-likeness (QED) is 0.705. The molecule has 0 atom stereocenters. The maximum Gasteiger partial charge on any atom is 0.275 e. The topological polar surface area (TPSA) is 98.1 Å². The summed E-state index contributed by atoms with van der Waals surface area (Å²) in [5, 5.41) is 8.54. The number of carbonyl (C=O) groups is 1. The summed E-state index contributed by atoms with van der Waals surface area (Å²) in [5.74, 6) is -0.202. The van der Waals surface area contributed by atoms with Crippen LogP contribution in [0, 0.1) is 0 Å². The summed E-state index contributed by atoms with van der Waals surface area (Å²) in [5.41, 5.74) is 1.16. The Balaban J connectivity index is 1.63. The fourth-order valence-corrected chi connectivity index (χ4v) is 5.09. The third-order valence-corrected chi connectivity index (χ3v) is 6.84. The first-order chi connectivity index (χ1) is 13.9. The molecule has 0 radical (unpaired) electrons. The number of nitrogens with zero attached hydrogens (tertiary/aromatic N) is 2. The Morgan fingerprint density at radius 3 is 2.31 bits per heavy atom. The Morgan fingerprint density at radius 1 is 1.00 bits per heavy atom. The zero-order chi connectivity index (χ0) is 20.4. The van der Waals surface area contributed by atoms with Crippen LogP contribution >= 0.6 is 0 Å². The van der Waals surface area contributed by atoms with E-state index in [4.69, 9.17) is 0 Å². The molecule has 8 heteroatoms. The van der Waals surface area contributed by atoms with Crippen molar-refractivity contribution in [2.45, 2.75) is 25.4 Å². The maximum absolute atomic E-state index is 12.9. The Kier molecular flexibility index (Phi) is 5.19. The second kappa shape index (κ2) is 7.79. The van der Waals surface area contributed by atoms with Crippen molar-refractivity contribution in [1.82, 2.24) is 15.1 Å². The fourth-order valence-electron chi connectivity index (χ4n) is 3.60. The van der Waals surface area contributed by atoms with E-state index in [1.54, 1.807) is 12.1 Å². The highest BCUT2D eigenvalue weighted by Crippen LogP contribution is 2.24. The standard InChI is InChI=1S/C21H21N3O4S/c25-19(22-16-10-12-29(27,28)13-11-16)14-24-21(26)18-9-5-4-8-17(18)20(23-24)15-6-2-1-3-7-15/h1-9,16H,10-14H2,(H,22,25). The molecular weight excluding hydrogens is 390 g/mol. The molecule has 2 aromatic carbocycles. The van der Waals surface area contributed by atoms with Gasteiger partial charge in [0.1, 0.15) is 16.4 Å². The van der Waals surface area contributed by atoms with Gasteiger partial charge in [0.05, 0.1) is 22.6 Å². The van der Waals surface area contributed by atoms with Gasteiger partial charge in [0.25, 0.3) is 5.56 Å². The minimum atomic E-state index is -3.00. The summed E-state index contributed by atoms with van der Waals surface area (Å²) >= 11 is 0. The highest BCUT2D eigenvalue weighted by molar-refractivity contribution is 7.91. The number of benzene rings is 2. The van der Waals surface area contributed by atoms with Crippen molar-refractivity contribution >= 4 is 26.5 Å². The molecule has 0 spiro atoms. The van der Waals surface area contributed by atoms with Gasteiger partial charge in [-0.15, -0.1) is 0 Å². The number of amides is 1. The first-order valence-electron chi connectivity index (χ1n) is 9.48. The van der Waals surface area contributed by atoms with Crippen molar-refractivity contribution in [3.63, 3.8) is 0 Å².